The zero-order valence-corrected chi connectivity index (χ0v) is 14.0. The molecule has 1 aliphatic heterocycles. The Hall–Kier alpha value is -2.16. The number of aryl methyl sites for hydroxylation is 2. The van der Waals surface area contributed by atoms with Crippen molar-refractivity contribution in [3.63, 3.8) is 0 Å². The number of nitrogens with zero attached hydrogens (tertiary/aromatic N) is 4. The van der Waals surface area contributed by atoms with E-state index >= 15 is 0 Å². The maximum absolute atomic E-state index is 12.4. The summed E-state index contributed by atoms with van der Waals surface area (Å²) < 4.78 is 27.3. The van der Waals surface area contributed by atoms with Crippen LogP contribution in [0.1, 0.15) is 30.7 Å². The number of aromatic amines is 1. The third-order valence-corrected chi connectivity index (χ3v) is 5.52. The smallest absolute Gasteiger partial charge is 0.266 e. The minimum atomic E-state index is -3.73. The van der Waals surface area contributed by atoms with E-state index in [2.05, 4.69) is 30.0 Å². The molecular weight excluding hydrogens is 316 g/mol. The predicted molar refractivity (Wildman–Crippen MR) is 87.0 cm³/mol. The summed E-state index contributed by atoms with van der Waals surface area (Å²) in [5.74, 6) is 0.981. The topological polar surface area (TPSA) is 104 Å². The Morgan fingerprint density at radius 1 is 1.13 bits per heavy atom. The molecule has 3 rings (SSSR count). The number of piperidine rings is 1. The Balaban J connectivity index is 1.78. The summed E-state index contributed by atoms with van der Waals surface area (Å²) >= 11 is 0. The van der Waals surface area contributed by atoms with Gasteiger partial charge in [0.1, 0.15) is 4.90 Å². The molecule has 0 radical (unpaired) electrons. The summed E-state index contributed by atoms with van der Waals surface area (Å²) in [6.07, 6.45) is 3.54. The largest absolute Gasteiger partial charge is 0.355 e. The number of nitrogens with one attached hydrogen (secondary N) is 2. The highest BCUT2D eigenvalue weighted by atomic mass is 32.2. The number of hydrogen-bond donors (Lipinski definition) is 2. The highest BCUT2D eigenvalue weighted by Gasteiger charge is 2.23. The molecule has 0 atom stereocenters. The van der Waals surface area contributed by atoms with E-state index in [9.17, 15) is 8.42 Å². The molecule has 3 heterocycles. The molecule has 8 nitrogen and oxygen atoms in total. The molecule has 0 bridgehead atoms. The third kappa shape index (κ3) is 3.29. The number of aromatic nitrogens is 4. The lowest BCUT2D eigenvalue weighted by Crippen LogP contribution is -2.30. The van der Waals surface area contributed by atoms with Crippen LogP contribution in [0, 0.1) is 13.8 Å². The second-order valence-electron chi connectivity index (χ2n) is 5.69. The standard InChI is InChI=1S/C14H20N6O2S/c1-10-14(11(2)16-15-10)23(21,22)19-12-6-7-13(18-17-12)20-8-4-3-5-9-20/h6-7H,3-5,8-9H2,1-2H3,(H,15,16)(H,17,19). The molecule has 0 aliphatic carbocycles. The molecule has 2 N–H and O–H groups in total. The number of H-pyrrole nitrogens is 1. The molecule has 1 aliphatic rings. The van der Waals surface area contributed by atoms with E-state index in [1.54, 1.807) is 26.0 Å². The molecule has 1 saturated heterocycles. The fourth-order valence-corrected chi connectivity index (χ4v) is 4.17. The maximum atomic E-state index is 12.4. The molecule has 0 saturated carbocycles. The van der Waals surface area contributed by atoms with Crippen molar-refractivity contribution in [2.24, 2.45) is 0 Å². The highest BCUT2D eigenvalue weighted by Crippen LogP contribution is 2.21. The van der Waals surface area contributed by atoms with Gasteiger partial charge in [0, 0.05) is 13.1 Å². The Kier molecular flexibility index (Phi) is 4.20. The maximum Gasteiger partial charge on any atom is 0.266 e. The van der Waals surface area contributed by atoms with Gasteiger partial charge in [0.05, 0.1) is 11.4 Å². The van der Waals surface area contributed by atoms with Gasteiger partial charge in [-0.25, -0.2) is 8.42 Å². The van der Waals surface area contributed by atoms with E-state index in [0.29, 0.717) is 11.4 Å². The van der Waals surface area contributed by atoms with E-state index in [-0.39, 0.29) is 10.7 Å². The van der Waals surface area contributed by atoms with Crippen molar-refractivity contribution in [2.75, 3.05) is 22.7 Å². The van der Waals surface area contributed by atoms with E-state index < -0.39 is 10.0 Å². The number of anilines is 2. The van der Waals surface area contributed by atoms with Crippen LogP contribution in [0.4, 0.5) is 11.6 Å². The fourth-order valence-electron chi connectivity index (χ4n) is 2.80. The fraction of sp³-hybridized carbons (Fsp3) is 0.500. The number of sulfonamides is 1. The normalized spacial score (nSPS) is 15.7. The average molecular weight is 336 g/mol. The second-order valence-corrected chi connectivity index (χ2v) is 7.31. The monoisotopic (exact) mass is 336 g/mol. The van der Waals surface area contributed by atoms with Crippen molar-refractivity contribution >= 4 is 21.7 Å². The van der Waals surface area contributed by atoms with E-state index in [1.165, 1.54) is 6.42 Å². The number of hydrogen-bond acceptors (Lipinski definition) is 6. The predicted octanol–water partition coefficient (Wildman–Crippen LogP) is 1.61. The van der Waals surface area contributed by atoms with Crippen molar-refractivity contribution in [1.82, 2.24) is 20.4 Å². The summed E-state index contributed by atoms with van der Waals surface area (Å²) in [7, 11) is -3.73. The molecule has 0 spiro atoms. The number of rotatable bonds is 4. The van der Waals surface area contributed by atoms with E-state index in [4.69, 9.17) is 0 Å². The zero-order valence-electron chi connectivity index (χ0n) is 13.2. The van der Waals surface area contributed by atoms with Gasteiger partial charge < -0.3 is 4.90 Å². The molecule has 0 aromatic carbocycles. The lowest BCUT2D eigenvalue weighted by atomic mass is 10.1. The van der Waals surface area contributed by atoms with Crippen LogP contribution in [-0.4, -0.2) is 41.9 Å². The van der Waals surface area contributed by atoms with E-state index in [1.807, 2.05) is 0 Å². The third-order valence-electron chi connectivity index (χ3n) is 3.90. The Labute approximate surface area is 135 Å². The first-order valence-electron chi connectivity index (χ1n) is 7.60. The summed E-state index contributed by atoms with van der Waals surface area (Å²) in [4.78, 5) is 2.32. The van der Waals surface area contributed by atoms with Crippen molar-refractivity contribution in [3.05, 3.63) is 23.5 Å². The van der Waals surface area contributed by atoms with E-state index in [0.717, 1.165) is 31.7 Å². The molecule has 1 fully saturated rings. The molecule has 9 heteroatoms. The van der Waals surface area contributed by atoms with Crippen molar-refractivity contribution in [1.29, 1.82) is 0 Å². The SMILES string of the molecule is Cc1n[nH]c(C)c1S(=O)(=O)Nc1ccc(N2CCCCC2)nn1. The lowest BCUT2D eigenvalue weighted by molar-refractivity contribution is 0.571. The van der Waals surface area contributed by atoms with Gasteiger partial charge >= 0.3 is 0 Å². The minimum absolute atomic E-state index is 0.152. The summed E-state index contributed by atoms with van der Waals surface area (Å²) in [6, 6.07) is 3.44. The average Bonchev–Trinajstić information content (AvgIpc) is 2.88. The molecule has 23 heavy (non-hydrogen) atoms. The molecule has 2 aromatic heterocycles. The first-order chi connectivity index (χ1) is 11.0. The molecule has 124 valence electrons. The van der Waals surface area contributed by atoms with Crippen LogP contribution in [0.15, 0.2) is 17.0 Å². The van der Waals surface area contributed by atoms with Crippen LogP contribution < -0.4 is 9.62 Å². The van der Waals surface area contributed by atoms with Gasteiger partial charge in [0.15, 0.2) is 11.6 Å². The minimum Gasteiger partial charge on any atom is -0.355 e. The summed E-state index contributed by atoms with van der Waals surface area (Å²) in [5.41, 5.74) is 0.917. The van der Waals surface area contributed by atoms with Crippen LogP contribution in [0.5, 0.6) is 0 Å². The zero-order chi connectivity index (χ0) is 16.4. The molecule has 0 amide bonds. The van der Waals surface area contributed by atoms with Crippen molar-refractivity contribution < 1.29 is 8.42 Å². The van der Waals surface area contributed by atoms with Gasteiger partial charge in [-0.3, -0.25) is 9.82 Å². The van der Waals surface area contributed by atoms with Crippen LogP contribution in [0.25, 0.3) is 0 Å². The van der Waals surface area contributed by atoms with Gasteiger partial charge in [0.2, 0.25) is 0 Å². The van der Waals surface area contributed by atoms with Crippen LogP contribution in [0.2, 0.25) is 0 Å². The highest BCUT2D eigenvalue weighted by molar-refractivity contribution is 7.92. The summed E-state index contributed by atoms with van der Waals surface area (Å²) in [5, 5.41) is 14.7. The first kappa shape index (κ1) is 15.7. The van der Waals surface area contributed by atoms with Gasteiger partial charge in [-0.05, 0) is 45.2 Å². The van der Waals surface area contributed by atoms with Gasteiger partial charge in [0.25, 0.3) is 10.0 Å². The molecule has 2 aromatic rings. The van der Waals surface area contributed by atoms with Crippen LogP contribution in [-0.2, 0) is 10.0 Å². The van der Waals surface area contributed by atoms with Crippen LogP contribution in [0.3, 0.4) is 0 Å². The summed E-state index contributed by atoms with van der Waals surface area (Å²) in [6.45, 7) is 5.24. The molecular formula is C14H20N6O2S. The van der Waals surface area contributed by atoms with Crippen molar-refractivity contribution in [3.8, 4) is 0 Å². The quantitative estimate of drug-likeness (QED) is 0.879. The Morgan fingerprint density at radius 3 is 2.43 bits per heavy atom. The van der Waals surface area contributed by atoms with Gasteiger partial charge in [-0.15, -0.1) is 10.2 Å². The van der Waals surface area contributed by atoms with Crippen molar-refractivity contribution in [2.45, 2.75) is 38.0 Å². The second kappa shape index (κ2) is 6.15. The first-order valence-corrected chi connectivity index (χ1v) is 9.09. The molecule has 0 unspecified atom stereocenters. The Morgan fingerprint density at radius 2 is 1.87 bits per heavy atom. The van der Waals surface area contributed by atoms with Crippen LogP contribution >= 0.6 is 0 Å². The Bertz CT molecular complexity index is 759. The van der Waals surface area contributed by atoms with Gasteiger partial charge in [-0.2, -0.15) is 5.10 Å². The van der Waals surface area contributed by atoms with Gasteiger partial charge in [-0.1, -0.05) is 0 Å². The lowest BCUT2D eigenvalue weighted by Gasteiger charge is -2.27.